The van der Waals surface area contributed by atoms with Crippen LogP contribution in [0.15, 0.2) is 12.3 Å². The van der Waals surface area contributed by atoms with Crippen molar-refractivity contribution in [3.63, 3.8) is 0 Å². The van der Waals surface area contributed by atoms with Crippen LogP contribution in [0.5, 0.6) is 5.88 Å². The van der Waals surface area contributed by atoms with Gasteiger partial charge < -0.3 is 10.5 Å². The van der Waals surface area contributed by atoms with Crippen molar-refractivity contribution >= 4 is 17.3 Å². The van der Waals surface area contributed by atoms with Crippen molar-refractivity contribution in [1.82, 2.24) is 4.98 Å². The first kappa shape index (κ1) is 14.1. The molecule has 4 heteroatoms. The number of hydrogen-bond donors (Lipinski definition) is 1. The highest BCUT2D eigenvalue weighted by Crippen LogP contribution is 2.25. The summed E-state index contributed by atoms with van der Waals surface area (Å²) in [6, 6.07) is 1.66. The minimum absolute atomic E-state index is 0.139. The molecule has 96 valence electrons. The van der Waals surface area contributed by atoms with Crippen molar-refractivity contribution in [2.75, 3.05) is 5.73 Å². The molecule has 0 aliphatic carbocycles. The summed E-state index contributed by atoms with van der Waals surface area (Å²) in [5.41, 5.74) is 6.12. The molecular formula is C13H21ClN2O. The molecule has 0 amide bonds. The van der Waals surface area contributed by atoms with Gasteiger partial charge in [-0.25, -0.2) is 4.98 Å². The molecule has 0 fully saturated rings. The van der Waals surface area contributed by atoms with Crippen LogP contribution in [-0.4, -0.2) is 11.1 Å². The number of nitrogens with zero attached hydrogens (tertiary/aromatic N) is 1. The first-order chi connectivity index (χ1) is 8.13. The first-order valence-electron chi connectivity index (χ1n) is 6.21. The average Bonchev–Trinajstić information content (AvgIpc) is 2.28. The number of anilines is 1. The Morgan fingerprint density at radius 2 is 2.18 bits per heavy atom. The Kier molecular flexibility index (Phi) is 6.12. The quantitative estimate of drug-likeness (QED) is 0.749. The first-order valence-corrected chi connectivity index (χ1v) is 6.59. The van der Waals surface area contributed by atoms with E-state index in [1.54, 1.807) is 12.3 Å². The van der Waals surface area contributed by atoms with E-state index < -0.39 is 0 Å². The van der Waals surface area contributed by atoms with Crippen LogP contribution >= 0.6 is 11.6 Å². The van der Waals surface area contributed by atoms with Crippen LogP contribution in [0.4, 0.5) is 5.69 Å². The summed E-state index contributed by atoms with van der Waals surface area (Å²) >= 11 is 5.99. The second kappa shape index (κ2) is 7.38. The Morgan fingerprint density at radius 1 is 1.41 bits per heavy atom. The van der Waals surface area contributed by atoms with E-state index >= 15 is 0 Å². The number of rotatable bonds is 7. The lowest BCUT2D eigenvalue weighted by Gasteiger charge is -2.14. The SMILES string of the molecule is CCCCCCC(C)Oc1ncc(N)cc1Cl. The molecule has 0 saturated carbocycles. The number of nitrogen functional groups attached to an aromatic ring is 1. The monoisotopic (exact) mass is 256 g/mol. The van der Waals surface area contributed by atoms with Crippen LogP contribution in [0, 0.1) is 0 Å². The van der Waals surface area contributed by atoms with Crippen LogP contribution in [0.1, 0.15) is 46.0 Å². The van der Waals surface area contributed by atoms with Gasteiger partial charge >= 0.3 is 0 Å². The van der Waals surface area contributed by atoms with Gasteiger partial charge in [-0.2, -0.15) is 0 Å². The highest BCUT2D eigenvalue weighted by atomic mass is 35.5. The maximum Gasteiger partial charge on any atom is 0.232 e. The fourth-order valence-corrected chi connectivity index (χ4v) is 1.85. The maximum absolute atomic E-state index is 5.99. The molecule has 0 radical (unpaired) electrons. The van der Waals surface area contributed by atoms with Gasteiger partial charge in [-0.1, -0.05) is 37.8 Å². The molecule has 2 N–H and O–H groups in total. The summed E-state index contributed by atoms with van der Waals surface area (Å²) in [5.74, 6) is 0.476. The standard InChI is InChI=1S/C13H21ClN2O/c1-3-4-5-6-7-10(2)17-13-12(14)8-11(15)9-16-13/h8-10H,3-7,15H2,1-2H3. The molecule has 0 bridgehead atoms. The lowest BCUT2D eigenvalue weighted by molar-refractivity contribution is 0.198. The van der Waals surface area contributed by atoms with Gasteiger partial charge in [0.05, 0.1) is 18.0 Å². The van der Waals surface area contributed by atoms with E-state index in [0.717, 1.165) is 6.42 Å². The average molecular weight is 257 g/mol. The molecule has 0 saturated heterocycles. The van der Waals surface area contributed by atoms with Crippen molar-refractivity contribution in [2.45, 2.75) is 52.1 Å². The van der Waals surface area contributed by atoms with Gasteiger partial charge in [0.1, 0.15) is 5.02 Å². The van der Waals surface area contributed by atoms with Gasteiger partial charge in [-0.3, -0.25) is 0 Å². The maximum atomic E-state index is 5.99. The summed E-state index contributed by atoms with van der Waals surface area (Å²) in [7, 11) is 0. The molecule has 17 heavy (non-hydrogen) atoms. The predicted molar refractivity (Wildman–Crippen MR) is 72.5 cm³/mol. The molecule has 1 atom stereocenters. The number of nitrogens with two attached hydrogens (primary N) is 1. The second-order valence-corrected chi connectivity index (χ2v) is 4.74. The zero-order chi connectivity index (χ0) is 12.7. The number of ether oxygens (including phenoxy) is 1. The Balaban J connectivity index is 2.37. The number of unbranched alkanes of at least 4 members (excludes halogenated alkanes) is 3. The third-order valence-electron chi connectivity index (χ3n) is 2.61. The van der Waals surface area contributed by atoms with Crippen LogP contribution in [0.3, 0.4) is 0 Å². The number of halogens is 1. The minimum atomic E-state index is 0.139. The van der Waals surface area contributed by atoms with Crippen LogP contribution in [0.2, 0.25) is 5.02 Å². The zero-order valence-electron chi connectivity index (χ0n) is 10.6. The number of aromatic nitrogens is 1. The van der Waals surface area contributed by atoms with E-state index in [1.165, 1.54) is 25.7 Å². The number of pyridine rings is 1. The normalized spacial score (nSPS) is 12.4. The van der Waals surface area contributed by atoms with Gasteiger partial charge in [-0.15, -0.1) is 0 Å². The zero-order valence-corrected chi connectivity index (χ0v) is 11.3. The highest BCUT2D eigenvalue weighted by Gasteiger charge is 2.08. The van der Waals surface area contributed by atoms with Crippen molar-refractivity contribution in [1.29, 1.82) is 0 Å². The summed E-state index contributed by atoms with van der Waals surface area (Å²) in [6.07, 6.45) is 7.71. The molecule has 0 aromatic carbocycles. The second-order valence-electron chi connectivity index (χ2n) is 4.33. The van der Waals surface area contributed by atoms with Gasteiger partial charge in [-0.05, 0) is 25.8 Å². The van der Waals surface area contributed by atoms with Crippen LogP contribution in [-0.2, 0) is 0 Å². The third kappa shape index (κ3) is 5.26. The number of hydrogen-bond acceptors (Lipinski definition) is 3. The molecule has 1 aromatic rings. The predicted octanol–water partition coefficient (Wildman–Crippen LogP) is 4.05. The Bertz CT molecular complexity index is 344. The topological polar surface area (TPSA) is 48.1 Å². The van der Waals surface area contributed by atoms with Gasteiger partial charge in [0.25, 0.3) is 0 Å². The largest absolute Gasteiger partial charge is 0.474 e. The molecule has 0 spiro atoms. The van der Waals surface area contributed by atoms with Crippen molar-refractivity contribution in [2.24, 2.45) is 0 Å². The molecular weight excluding hydrogens is 236 g/mol. The van der Waals surface area contributed by atoms with Crippen molar-refractivity contribution in [3.05, 3.63) is 17.3 Å². The van der Waals surface area contributed by atoms with E-state index in [1.807, 2.05) is 6.92 Å². The molecule has 1 heterocycles. The Labute approximate surface area is 108 Å². The van der Waals surface area contributed by atoms with Crippen LogP contribution < -0.4 is 10.5 Å². The van der Waals surface area contributed by atoms with E-state index in [0.29, 0.717) is 16.6 Å². The molecule has 1 aromatic heterocycles. The fourth-order valence-electron chi connectivity index (χ4n) is 1.63. The van der Waals surface area contributed by atoms with Crippen molar-refractivity contribution in [3.8, 4) is 5.88 Å². The van der Waals surface area contributed by atoms with Crippen molar-refractivity contribution < 1.29 is 4.74 Å². The molecule has 1 unspecified atom stereocenters. The lowest BCUT2D eigenvalue weighted by atomic mass is 10.1. The summed E-state index contributed by atoms with van der Waals surface area (Å²) in [6.45, 7) is 4.25. The minimum Gasteiger partial charge on any atom is -0.474 e. The molecule has 3 nitrogen and oxygen atoms in total. The Hall–Kier alpha value is -0.960. The van der Waals surface area contributed by atoms with E-state index in [9.17, 15) is 0 Å². The fraction of sp³-hybridized carbons (Fsp3) is 0.615. The third-order valence-corrected chi connectivity index (χ3v) is 2.88. The lowest BCUT2D eigenvalue weighted by Crippen LogP contribution is -2.12. The van der Waals surface area contributed by atoms with E-state index in [2.05, 4.69) is 11.9 Å². The van der Waals surface area contributed by atoms with E-state index in [4.69, 9.17) is 22.1 Å². The van der Waals surface area contributed by atoms with E-state index in [-0.39, 0.29) is 6.10 Å². The Morgan fingerprint density at radius 3 is 2.82 bits per heavy atom. The summed E-state index contributed by atoms with van der Waals surface area (Å²) in [4.78, 5) is 4.08. The molecule has 1 rings (SSSR count). The molecule has 0 aliphatic rings. The molecule has 0 aliphatic heterocycles. The van der Waals surface area contributed by atoms with Gasteiger partial charge in [0, 0.05) is 0 Å². The van der Waals surface area contributed by atoms with Crippen LogP contribution in [0.25, 0.3) is 0 Å². The summed E-state index contributed by atoms with van der Waals surface area (Å²) in [5, 5.41) is 0.477. The smallest absolute Gasteiger partial charge is 0.232 e. The highest BCUT2D eigenvalue weighted by molar-refractivity contribution is 6.32. The van der Waals surface area contributed by atoms with Gasteiger partial charge in [0.15, 0.2) is 0 Å². The summed E-state index contributed by atoms with van der Waals surface area (Å²) < 4.78 is 5.68. The van der Waals surface area contributed by atoms with Gasteiger partial charge in [0.2, 0.25) is 5.88 Å².